The zero-order chi connectivity index (χ0) is 13.7. The van der Waals surface area contributed by atoms with Gasteiger partial charge in [0.2, 0.25) is 5.91 Å². The molecule has 0 spiro atoms. The van der Waals surface area contributed by atoms with Gasteiger partial charge in [0.15, 0.2) is 5.82 Å². The fourth-order valence-electron chi connectivity index (χ4n) is 1.84. The van der Waals surface area contributed by atoms with E-state index in [1.165, 1.54) is 0 Å². The van der Waals surface area contributed by atoms with Crippen LogP contribution < -0.4 is 5.32 Å². The van der Waals surface area contributed by atoms with Gasteiger partial charge in [-0.05, 0) is 24.8 Å². The van der Waals surface area contributed by atoms with Gasteiger partial charge in [-0.15, -0.1) is 21.5 Å². The average molecular weight is 279 g/mol. The van der Waals surface area contributed by atoms with Crippen LogP contribution in [0, 0.1) is 0 Å². The van der Waals surface area contributed by atoms with Crippen LogP contribution in [0.5, 0.6) is 0 Å². The molecule has 2 aromatic rings. The van der Waals surface area contributed by atoms with Gasteiger partial charge in [0.1, 0.15) is 0 Å². The molecule has 0 aliphatic rings. The van der Waals surface area contributed by atoms with E-state index in [1.807, 2.05) is 24.4 Å². The minimum atomic E-state index is -0.182. The molecule has 0 saturated carbocycles. The van der Waals surface area contributed by atoms with E-state index in [4.69, 9.17) is 0 Å². The largest absolute Gasteiger partial charge is 0.345 e. The third-order valence-electron chi connectivity index (χ3n) is 2.93. The average Bonchev–Trinajstić information content (AvgIpc) is 3.10. The Morgan fingerprint density at radius 3 is 3.00 bits per heavy atom. The number of nitrogens with one attached hydrogen (secondary N) is 2. The first-order chi connectivity index (χ1) is 9.22. The number of aromatic nitrogens is 4. The molecular weight excluding hydrogens is 262 g/mol. The van der Waals surface area contributed by atoms with E-state index < -0.39 is 0 Å². The van der Waals surface area contributed by atoms with Gasteiger partial charge in [-0.2, -0.15) is 5.21 Å². The second-order valence-corrected chi connectivity index (χ2v) is 5.34. The Morgan fingerprint density at radius 1 is 1.58 bits per heavy atom. The van der Waals surface area contributed by atoms with Crippen molar-refractivity contribution in [2.45, 2.75) is 38.6 Å². The van der Waals surface area contributed by atoms with Gasteiger partial charge in [-0.3, -0.25) is 4.79 Å². The molecule has 0 bridgehead atoms. The highest BCUT2D eigenvalue weighted by atomic mass is 32.1. The Hall–Kier alpha value is -1.76. The maximum Gasteiger partial charge on any atom is 0.228 e. The first kappa shape index (κ1) is 13.7. The van der Waals surface area contributed by atoms with Gasteiger partial charge in [0.05, 0.1) is 12.0 Å². The molecule has 0 saturated heterocycles. The van der Waals surface area contributed by atoms with Crippen molar-refractivity contribution in [3.05, 3.63) is 28.2 Å². The SMILES string of the molecule is CCC[C@H](NC(=O)[C@@H](C)c1cccs1)c1nn[nH]n1. The highest BCUT2D eigenvalue weighted by Crippen LogP contribution is 2.22. The molecule has 2 rings (SSSR count). The topological polar surface area (TPSA) is 83.6 Å². The number of carbonyl (C=O) groups is 1. The molecule has 102 valence electrons. The highest BCUT2D eigenvalue weighted by Gasteiger charge is 2.22. The summed E-state index contributed by atoms with van der Waals surface area (Å²) in [5.74, 6) is 0.366. The molecule has 6 nitrogen and oxygen atoms in total. The number of amides is 1. The van der Waals surface area contributed by atoms with Gasteiger partial charge >= 0.3 is 0 Å². The molecule has 0 radical (unpaired) electrons. The molecule has 2 atom stereocenters. The number of thiophene rings is 1. The zero-order valence-electron chi connectivity index (χ0n) is 11.0. The van der Waals surface area contributed by atoms with Gasteiger partial charge in [-0.1, -0.05) is 24.6 Å². The van der Waals surface area contributed by atoms with Crippen LogP contribution in [-0.2, 0) is 4.79 Å². The van der Waals surface area contributed by atoms with Crippen LogP contribution in [-0.4, -0.2) is 26.5 Å². The van der Waals surface area contributed by atoms with Crippen LogP contribution in [0.25, 0.3) is 0 Å². The normalized spacial score (nSPS) is 14.0. The van der Waals surface area contributed by atoms with E-state index in [0.29, 0.717) is 5.82 Å². The number of rotatable bonds is 6. The van der Waals surface area contributed by atoms with E-state index in [0.717, 1.165) is 17.7 Å². The Kier molecular flexibility index (Phi) is 4.62. The van der Waals surface area contributed by atoms with Crippen molar-refractivity contribution < 1.29 is 4.79 Å². The zero-order valence-corrected chi connectivity index (χ0v) is 11.8. The fourth-order valence-corrected chi connectivity index (χ4v) is 2.62. The highest BCUT2D eigenvalue weighted by molar-refractivity contribution is 7.10. The number of hydrogen-bond acceptors (Lipinski definition) is 5. The maximum absolute atomic E-state index is 12.2. The lowest BCUT2D eigenvalue weighted by Gasteiger charge is -2.17. The molecule has 0 aliphatic heterocycles. The molecule has 2 N–H and O–H groups in total. The van der Waals surface area contributed by atoms with E-state index in [1.54, 1.807) is 11.3 Å². The molecule has 0 aliphatic carbocycles. The Bertz CT molecular complexity index is 496. The lowest BCUT2D eigenvalue weighted by atomic mass is 10.1. The number of hydrogen-bond donors (Lipinski definition) is 2. The van der Waals surface area contributed by atoms with Crippen LogP contribution in [0.1, 0.15) is 49.4 Å². The van der Waals surface area contributed by atoms with E-state index in [-0.39, 0.29) is 17.9 Å². The molecule has 7 heteroatoms. The summed E-state index contributed by atoms with van der Waals surface area (Å²) in [4.78, 5) is 13.3. The predicted octanol–water partition coefficient (Wildman–Crippen LogP) is 2.02. The second-order valence-electron chi connectivity index (χ2n) is 4.36. The summed E-state index contributed by atoms with van der Waals surface area (Å²) in [6.07, 6.45) is 1.73. The van der Waals surface area contributed by atoms with Crippen molar-refractivity contribution in [1.82, 2.24) is 25.9 Å². The smallest absolute Gasteiger partial charge is 0.228 e. The molecule has 0 aromatic carbocycles. The number of aromatic amines is 1. The molecule has 1 amide bonds. The summed E-state index contributed by atoms with van der Waals surface area (Å²) < 4.78 is 0. The van der Waals surface area contributed by atoms with Crippen molar-refractivity contribution >= 4 is 17.2 Å². The van der Waals surface area contributed by atoms with Crippen LogP contribution in [0.15, 0.2) is 17.5 Å². The fraction of sp³-hybridized carbons (Fsp3) is 0.500. The lowest BCUT2D eigenvalue weighted by molar-refractivity contribution is -0.123. The number of carbonyl (C=O) groups excluding carboxylic acids is 1. The van der Waals surface area contributed by atoms with Gasteiger partial charge < -0.3 is 5.32 Å². The van der Waals surface area contributed by atoms with E-state index >= 15 is 0 Å². The van der Waals surface area contributed by atoms with Crippen LogP contribution in [0.2, 0.25) is 0 Å². The van der Waals surface area contributed by atoms with Crippen molar-refractivity contribution in [3.8, 4) is 0 Å². The monoisotopic (exact) mass is 279 g/mol. The standard InChI is InChI=1S/C12H17N5OS/c1-3-5-9(11-14-16-17-15-11)13-12(18)8(2)10-6-4-7-19-10/h4,6-9H,3,5H2,1-2H3,(H,13,18)(H,14,15,16,17)/t8-,9-/m0/s1. The number of H-pyrrole nitrogens is 1. The summed E-state index contributed by atoms with van der Waals surface area (Å²) in [5.41, 5.74) is 0. The van der Waals surface area contributed by atoms with E-state index in [9.17, 15) is 4.79 Å². The first-order valence-corrected chi connectivity index (χ1v) is 7.17. The summed E-state index contributed by atoms with van der Waals surface area (Å²) in [6, 6.07) is 3.74. The molecule has 2 aromatic heterocycles. The van der Waals surface area contributed by atoms with Crippen molar-refractivity contribution in [2.75, 3.05) is 0 Å². The number of tetrazole rings is 1. The molecule has 0 fully saturated rings. The van der Waals surface area contributed by atoms with Crippen molar-refractivity contribution in [2.24, 2.45) is 0 Å². The third kappa shape index (κ3) is 3.37. The Balaban J connectivity index is 2.03. The Morgan fingerprint density at radius 2 is 2.42 bits per heavy atom. The lowest BCUT2D eigenvalue weighted by Crippen LogP contribution is -2.32. The number of nitrogens with zero attached hydrogens (tertiary/aromatic N) is 3. The van der Waals surface area contributed by atoms with Gasteiger partial charge in [0.25, 0.3) is 0 Å². The van der Waals surface area contributed by atoms with Gasteiger partial charge in [0, 0.05) is 4.88 Å². The first-order valence-electron chi connectivity index (χ1n) is 6.29. The second kappa shape index (κ2) is 6.42. The summed E-state index contributed by atoms with van der Waals surface area (Å²) in [5, 5.41) is 18.8. The van der Waals surface area contributed by atoms with Crippen molar-refractivity contribution in [1.29, 1.82) is 0 Å². The predicted molar refractivity (Wildman–Crippen MR) is 72.7 cm³/mol. The molecule has 2 heterocycles. The molecule has 0 unspecified atom stereocenters. The van der Waals surface area contributed by atoms with Crippen LogP contribution >= 0.6 is 11.3 Å². The summed E-state index contributed by atoms with van der Waals surface area (Å²) in [7, 11) is 0. The maximum atomic E-state index is 12.2. The van der Waals surface area contributed by atoms with Crippen molar-refractivity contribution in [3.63, 3.8) is 0 Å². The minimum Gasteiger partial charge on any atom is -0.345 e. The summed E-state index contributed by atoms with van der Waals surface area (Å²) in [6.45, 7) is 3.96. The molecule has 19 heavy (non-hydrogen) atoms. The van der Waals surface area contributed by atoms with Crippen LogP contribution in [0.4, 0.5) is 0 Å². The van der Waals surface area contributed by atoms with Gasteiger partial charge in [-0.25, -0.2) is 0 Å². The quantitative estimate of drug-likeness (QED) is 0.847. The minimum absolute atomic E-state index is 0.00861. The van der Waals surface area contributed by atoms with Crippen LogP contribution in [0.3, 0.4) is 0 Å². The summed E-state index contributed by atoms with van der Waals surface area (Å²) >= 11 is 1.59. The molecular formula is C12H17N5OS. The van der Waals surface area contributed by atoms with E-state index in [2.05, 4.69) is 32.9 Å². The third-order valence-corrected chi connectivity index (χ3v) is 3.99. The Labute approximate surface area is 115 Å².